The van der Waals surface area contributed by atoms with Crippen LogP contribution in [-0.4, -0.2) is 6.54 Å². The highest BCUT2D eigenvalue weighted by Gasteiger charge is 2.17. The molecule has 0 aliphatic rings. The second-order valence-electron chi connectivity index (χ2n) is 4.43. The molecule has 2 atom stereocenters. The number of nitrogens with one attached hydrogen (secondary N) is 1. The van der Waals surface area contributed by atoms with Crippen molar-refractivity contribution >= 4 is 0 Å². The van der Waals surface area contributed by atoms with Crippen molar-refractivity contribution in [1.29, 1.82) is 0 Å². The van der Waals surface area contributed by atoms with E-state index in [0.29, 0.717) is 11.5 Å². The van der Waals surface area contributed by atoms with E-state index >= 15 is 0 Å². The van der Waals surface area contributed by atoms with Crippen LogP contribution >= 0.6 is 0 Å². The molecule has 2 heteroatoms. The summed E-state index contributed by atoms with van der Waals surface area (Å²) in [6.07, 6.45) is 1.09. The third-order valence-electron chi connectivity index (χ3n) is 3.19. The fraction of sp³-hybridized carbons (Fsp3) is 0.571. The fourth-order valence-corrected chi connectivity index (χ4v) is 1.91. The molecule has 0 fully saturated rings. The number of hydrogen-bond donors (Lipinski definition) is 1. The SMILES string of the molecule is CCNC(c1ccc(C)c(F)c1)C(C)CC. The van der Waals surface area contributed by atoms with Gasteiger partial charge in [0.2, 0.25) is 0 Å². The molecule has 16 heavy (non-hydrogen) atoms. The molecular formula is C14H22FN. The van der Waals surface area contributed by atoms with E-state index < -0.39 is 0 Å². The maximum Gasteiger partial charge on any atom is 0.126 e. The van der Waals surface area contributed by atoms with Gasteiger partial charge < -0.3 is 5.32 Å². The molecule has 1 aromatic carbocycles. The molecule has 0 amide bonds. The summed E-state index contributed by atoms with van der Waals surface area (Å²) >= 11 is 0. The molecule has 0 aliphatic heterocycles. The van der Waals surface area contributed by atoms with Gasteiger partial charge in [-0.25, -0.2) is 4.39 Å². The lowest BCUT2D eigenvalue weighted by Crippen LogP contribution is -2.26. The number of hydrogen-bond acceptors (Lipinski definition) is 1. The summed E-state index contributed by atoms with van der Waals surface area (Å²) in [4.78, 5) is 0. The topological polar surface area (TPSA) is 12.0 Å². The minimum Gasteiger partial charge on any atom is -0.310 e. The molecular weight excluding hydrogens is 201 g/mol. The summed E-state index contributed by atoms with van der Waals surface area (Å²) in [6, 6.07) is 5.80. The van der Waals surface area contributed by atoms with Crippen molar-refractivity contribution in [1.82, 2.24) is 5.32 Å². The molecule has 1 N–H and O–H groups in total. The lowest BCUT2D eigenvalue weighted by molar-refractivity contribution is 0.382. The normalized spacial score (nSPS) is 14.8. The molecule has 90 valence electrons. The Balaban J connectivity index is 2.96. The molecule has 0 saturated heterocycles. The molecule has 0 bridgehead atoms. The van der Waals surface area contributed by atoms with Crippen molar-refractivity contribution in [2.24, 2.45) is 5.92 Å². The number of benzene rings is 1. The zero-order chi connectivity index (χ0) is 12.1. The van der Waals surface area contributed by atoms with E-state index in [1.54, 1.807) is 13.0 Å². The smallest absolute Gasteiger partial charge is 0.126 e. The summed E-state index contributed by atoms with van der Waals surface area (Å²) < 4.78 is 13.5. The van der Waals surface area contributed by atoms with Crippen molar-refractivity contribution in [2.45, 2.75) is 40.2 Å². The maximum atomic E-state index is 13.5. The Morgan fingerprint density at radius 1 is 1.31 bits per heavy atom. The van der Waals surface area contributed by atoms with Gasteiger partial charge in [0.1, 0.15) is 5.82 Å². The Labute approximate surface area is 98.1 Å². The maximum absolute atomic E-state index is 13.5. The van der Waals surface area contributed by atoms with Crippen LogP contribution in [0.1, 0.15) is 44.4 Å². The van der Waals surface area contributed by atoms with Gasteiger partial charge in [0.05, 0.1) is 0 Å². The molecule has 1 nitrogen and oxygen atoms in total. The zero-order valence-corrected chi connectivity index (χ0v) is 10.7. The summed E-state index contributed by atoms with van der Waals surface area (Å²) in [5, 5.41) is 3.43. The second-order valence-corrected chi connectivity index (χ2v) is 4.43. The van der Waals surface area contributed by atoms with Crippen LogP contribution in [0, 0.1) is 18.7 Å². The Hall–Kier alpha value is -0.890. The van der Waals surface area contributed by atoms with Crippen molar-refractivity contribution < 1.29 is 4.39 Å². The average molecular weight is 223 g/mol. The minimum atomic E-state index is -0.108. The first-order valence-electron chi connectivity index (χ1n) is 6.09. The van der Waals surface area contributed by atoms with Gasteiger partial charge in [-0.3, -0.25) is 0 Å². The summed E-state index contributed by atoms with van der Waals surface area (Å²) in [6.45, 7) is 9.15. The van der Waals surface area contributed by atoms with Gasteiger partial charge in [-0.15, -0.1) is 0 Å². The molecule has 1 rings (SSSR count). The predicted molar refractivity (Wildman–Crippen MR) is 67.0 cm³/mol. The van der Waals surface area contributed by atoms with Gasteiger partial charge in [-0.1, -0.05) is 39.3 Å². The largest absolute Gasteiger partial charge is 0.310 e. The molecule has 0 heterocycles. The van der Waals surface area contributed by atoms with Crippen LogP contribution in [0.3, 0.4) is 0 Å². The predicted octanol–water partition coefficient (Wildman–Crippen LogP) is 3.83. The van der Waals surface area contributed by atoms with E-state index in [1.807, 2.05) is 12.1 Å². The Morgan fingerprint density at radius 2 is 2.00 bits per heavy atom. The highest BCUT2D eigenvalue weighted by Crippen LogP contribution is 2.25. The van der Waals surface area contributed by atoms with E-state index in [4.69, 9.17) is 0 Å². The van der Waals surface area contributed by atoms with Crippen molar-refractivity contribution in [3.05, 3.63) is 35.1 Å². The van der Waals surface area contributed by atoms with Crippen molar-refractivity contribution in [3.63, 3.8) is 0 Å². The fourth-order valence-electron chi connectivity index (χ4n) is 1.91. The molecule has 2 unspecified atom stereocenters. The van der Waals surface area contributed by atoms with Gasteiger partial charge in [-0.05, 0) is 36.6 Å². The summed E-state index contributed by atoms with van der Waals surface area (Å²) in [5.41, 5.74) is 1.77. The van der Waals surface area contributed by atoms with Gasteiger partial charge in [0, 0.05) is 6.04 Å². The summed E-state index contributed by atoms with van der Waals surface area (Å²) in [5.74, 6) is 0.408. The molecule has 0 spiro atoms. The third-order valence-corrected chi connectivity index (χ3v) is 3.19. The van der Waals surface area contributed by atoms with Crippen molar-refractivity contribution in [2.75, 3.05) is 6.54 Å². The zero-order valence-electron chi connectivity index (χ0n) is 10.7. The Kier molecular flexibility index (Phi) is 4.94. The molecule has 0 radical (unpaired) electrons. The van der Waals surface area contributed by atoms with Crippen LogP contribution in [0.5, 0.6) is 0 Å². The molecule has 0 saturated carbocycles. The van der Waals surface area contributed by atoms with E-state index in [2.05, 4.69) is 26.1 Å². The van der Waals surface area contributed by atoms with Crippen molar-refractivity contribution in [3.8, 4) is 0 Å². The lowest BCUT2D eigenvalue weighted by Gasteiger charge is -2.24. The van der Waals surface area contributed by atoms with Gasteiger partial charge in [-0.2, -0.15) is 0 Å². The Morgan fingerprint density at radius 3 is 2.50 bits per heavy atom. The molecule has 1 aromatic rings. The number of halogens is 1. The standard InChI is InChI=1S/C14H22FN/c1-5-10(3)14(16-6-2)12-8-7-11(4)13(15)9-12/h7-10,14,16H,5-6H2,1-4H3. The van der Waals surface area contributed by atoms with E-state index in [0.717, 1.165) is 18.5 Å². The van der Waals surface area contributed by atoms with Crippen LogP contribution in [-0.2, 0) is 0 Å². The van der Waals surface area contributed by atoms with Crippen LogP contribution < -0.4 is 5.32 Å². The Bertz CT molecular complexity index is 336. The second kappa shape index (κ2) is 6.00. The van der Waals surface area contributed by atoms with E-state index in [1.165, 1.54) is 0 Å². The summed E-state index contributed by atoms with van der Waals surface area (Å²) in [7, 11) is 0. The van der Waals surface area contributed by atoms with Crippen LogP contribution in [0.4, 0.5) is 4.39 Å². The van der Waals surface area contributed by atoms with E-state index in [-0.39, 0.29) is 11.9 Å². The van der Waals surface area contributed by atoms with Gasteiger partial charge >= 0.3 is 0 Å². The van der Waals surface area contributed by atoms with E-state index in [9.17, 15) is 4.39 Å². The lowest BCUT2D eigenvalue weighted by atomic mass is 9.92. The first-order valence-corrected chi connectivity index (χ1v) is 6.09. The molecule has 0 aliphatic carbocycles. The first kappa shape index (κ1) is 13.2. The van der Waals surface area contributed by atoms with Crippen LogP contribution in [0.25, 0.3) is 0 Å². The number of aryl methyl sites for hydroxylation is 1. The first-order chi connectivity index (χ1) is 7.60. The highest BCUT2D eigenvalue weighted by atomic mass is 19.1. The highest BCUT2D eigenvalue weighted by molar-refractivity contribution is 5.26. The third kappa shape index (κ3) is 3.05. The quantitative estimate of drug-likeness (QED) is 0.800. The molecule has 0 aromatic heterocycles. The van der Waals surface area contributed by atoms with Crippen LogP contribution in [0.2, 0.25) is 0 Å². The monoisotopic (exact) mass is 223 g/mol. The number of rotatable bonds is 5. The minimum absolute atomic E-state index is 0.108. The van der Waals surface area contributed by atoms with Gasteiger partial charge in [0.15, 0.2) is 0 Å². The average Bonchev–Trinajstić information content (AvgIpc) is 2.29. The van der Waals surface area contributed by atoms with Gasteiger partial charge in [0.25, 0.3) is 0 Å². The van der Waals surface area contributed by atoms with Crippen LogP contribution in [0.15, 0.2) is 18.2 Å².